The number of fused-ring (bicyclic) bond motifs is 2. The van der Waals surface area contributed by atoms with Gasteiger partial charge in [-0.25, -0.2) is 0 Å². The van der Waals surface area contributed by atoms with Gasteiger partial charge in [0.1, 0.15) is 13.2 Å². The Labute approximate surface area is 166 Å². The van der Waals surface area contributed by atoms with Gasteiger partial charge in [-0.05, 0) is 49.4 Å². The highest BCUT2D eigenvalue weighted by molar-refractivity contribution is 5.65. The van der Waals surface area contributed by atoms with Crippen molar-refractivity contribution in [1.29, 1.82) is 0 Å². The minimum absolute atomic E-state index is 0.120. The van der Waals surface area contributed by atoms with Crippen LogP contribution >= 0.6 is 0 Å². The van der Waals surface area contributed by atoms with E-state index in [2.05, 4.69) is 41.4 Å². The van der Waals surface area contributed by atoms with Gasteiger partial charge < -0.3 is 24.8 Å². The Balaban J connectivity index is 1.22. The molecule has 0 amide bonds. The van der Waals surface area contributed by atoms with Crippen molar-refractivity contribution in [2.75, 3.05) is 31.2 Å². The zero-order valence-corrected chi connectivity index (χ0v) is 16.4. The summed E-state index contributed by atoms with van der Waals surface area (Å²) in [4.78, 5) is 2.40. The first-order valence-electron chi connectivity index (χ1n) is 10.4. The smallest absolute Gasteiger partial charge is 0.184 e. The van der Waals surface area contributed by atoms with Crippen LogP contribution < -0.4 is 19.7 Å². The quantitative estimate of drug-likeness (QED) is 0.857. The molecule has 2 N–H and O–H groups in total. The lowest BCUT2D eigenvalue weighted by molar-refractivity contribution is 0.131. The van der Waals surface area contributed by atoms with E-state index in [1.807, 2.05) is 12.1 Å². The molecule has 2 aromatic rings. The Bertz CT molecular complexity index is 861. The molecule has 2 aromatic carbocycles. The Morgan fingerprint density at radius 3 is 2.75 bits per heavy atom. The van der Waals surface area contributed by atoms with Crippen molar-refractivity contribution >= 4 is 5.69 Å². The third-order valence-electron chi connectivity index (χ3n) is 6.27. The number of hydrogen-bond donors (Lipinski definition) is 2. The number of anilines is 1. The molecule has 1 saturated heterocycles. The number of aryl methyl sites for hydroxylation is 1. The number of aliphatic hydroxyl groups is 1. The summed E-state index contributed by atoms with van der Waals surface area (Å²) >= 11 is 0. The molecular formula is C23H28N2O3. The van der Waals surface area contributed by atoms with E-state index in [1.54, 1.807) is 0 Å². The van der Waals surface area contributed by atoms with Crippen LogP contribution in [0, 0.1) is 6.92 Å². The summed E-state index contributed by atoms with van der Waals surface area (Å²) < 4.78 is 11.6. The van der Waals surface area contributed by atoms with E-state index >= 15 is 0 Å². The molecule has 0 bridgehead atoms. The molecule has 0 spiro atoms. The van der Waals surface area contributed by atoms with Gasteiger partial charge in [0.05, 0.1) is 11.8 Å². The van der Waals surface area contributed by atoms with Crippen LogP contribution in [0.1, 0.15) is 35.6 Å². The third-order valence-corrected chi connectivity index (χ3v) is 6.27. The van der Waals surface area contributed by atoms with Gasteiger partial charge in [-0.3, -0.25) is 0 Å². The van der Waals surface area contributed by atoms with Crippen LogP contribution in [0.15, 0.2) is 36.4 Å². The summed E-state index contributed by atoms with van der Waals surface area (Å²) in [5, 5.41) is 14.5. The van der Waals surface area contributed by atoms with E-state index < -0.39 is 6.10 Å². The van der Waals surface area contributed by atoms with Gasteiger partial charge in [0.15, 0.2) is 11.5 Å². The van der Waals surface area contributed by atoms with E-state index in [4.69, 9.17) is 9.47 Å². The molecule has 0 radical (unpaired) electrons. The second-order valence-electron chi connectivity index (χ2n) is 8.19. The molecule has 148 valence electrons. The van der Waals surface area contributed by atoms with Crippen LogP contribution in [-0.4, -0.2) is 43.5 Å². The molecule has 2 atom stereocenters. The van der Waals surface area contributed by atoms with Crippen molar-refractivity contribution in [2.24, 2.45) is 0 Å². The van der Waals surface area contributed by atoms with E-state index in [1.165, 1.54) is 11.1 Å². The zero-order valence-electron chi connectivity index (χ0n) is 16.4. The van der Waals surface area contributed by atoms with Crippen molar-refractivity contribution in [3.8, 4) is 11.5 Å². The van der Waals surface area contributed by atoms with Gasteiger partial charge >= 0.3 is 0 Å². The van der Waals surface area contributed by atoms with Crippen LogP contribution in [-0.2, 0) is 6.42 Å². The highest BCUT2D eigenvalue weighted by Gasteiger charge is 2.33. The maximum Gasteiger partial charge on any atom is 0.184 e. The minimum Gasteiger partial charge on any atom is -0.486 e. The summed E-state index contributed by atoms with van der Waals surface area (Å²) in [6.07, 6.45) is 2.63. The van der Waals surface area contributed by atoms with Gasteiger partial charge in [-0.1, -0.05) is 29.8 Å². The number of piperidine rings is 1. The molecule has 0 aromatic heterocycles. The number of ether oxygens (including phenoxy) is 2. The molecular weight excluding hydrogens is 352 g/mol. The second-order valence-corrected chi connectivity index (χ2v) is 8.19. The molecule has 0 saturated carbocycles. The highest BCUT2D eigenvalue weighted by atomic mass is 16.6. The molecule has 5 nitrogen and oxygen atoms in total. The monoisotopic (exact) mass is 380 g/mol. The molecule has 2 heterocycles. The fourth-order valence-electron chi connectivity index (χ4n) is 4.79. The summed E-state index contributed by atoms with van der Waals surface area (Å²) in [6, 6.07) is 13.1. The van der Waals surface area contributed by atoms with Gasteiger partial charge in [0.25, 0.3) is 0 Å². The molecule has 5 rings (SSSR count). The number of nitrogens with one attached hydrogen (secondary N) is 1. The SMILES string of the molecule is Cc1ccc2c(c1)[C@H](O)[C@H](NC1CCN(c3cccc4c3OCCO4)CC1)C2. The molecule has 28 heavy (non-hydrogen) atoms. The van der Waals surface area contributed by atoms with Crippen LogP contribution in [0.5, 0.6) is 11.5 Å². The first-order valence-corrected chi connectivity index (χ1v) is 10.4. The van der Waals surface area contributed by atoms with E-state index in [-0.39, 0.29) is 6.04 Å². The Hall–Kier alpha value is -2.24. The summed E-state index contributed by atoms with van der Waals surface area (Å²) in [6.45, 7) is 5.27. The number of benzene rings is 2. The Morgan fingerprint density at radius 1 is 1.07 bits per heavy atom. The minimum atomic E-state index is -0.403. The van der Waals surface area contributed by atoms with Crippen LogP contribution in [0.4, 0.5) is 5.69 Å². The first kappa shape index (κ1) is 17.8. The Kier molecular flexibility index (Phi) is 4.65. The Morgan fingerprint density at radius 2 is 1.89 bits per heavy atom. The lowest BCUT2D eigenvalue weighted by Gasteiger charge is -2.37. The fourth-order valence-corrected chi connectivity index (χ4v) is 4.79. The van der Waals surface area contributed by atoms with Gasteiger partial charge in [0.2, 0.25) is 0 Å². The van der Waals surface area contributed by atoms with Crippen LogP contribution in [0.3, 0.4) is 0 Å². The van der Waals surface area contributed by atoms with E-state index in [0.29, 0.717) is 19.3 Å². The average Bonchev–Trinajstić information content (AvgIpc) is 3.03. The second kappa shape index (κ2) is 7.30. The molecule has 1 aliphatic carbocycles. The number of hydrogen-bond acceptors (Lipinski definition) is 5. The molecule has 2 aliphatic heterocycles. The largest absolute Gasteiger partial charge is 0.486 e. The zero-order chi connectivity index (χ0) is 19.1. The van der Waals surface area contributed by atoms with Crippen molar-refractivity contribution < 1.29 is 14.6 Å². The lowest BCUT2D eigenvalue weighted by Crippen LogP contribution is -2.47. The van der Waals surface area contributed by atoms with Gasteiger partial charge in [-0.15, -0.1) is 0 Å². The fraction of sp³-hybridized carbons (Fsp3) is 0.478. The molecule has 5 heteroatoms. The molecule has 1 fully saturated rings. The predicted octanol–water partition coefficient (Wildman–Crippen LogP) is 2.98. The summed E-state index contributed by atoms with van der Waals surface area (Å²) in [5.41, 5.74) is 4.73. The molecule has 0 unspecified atom stereocenters. The maximum absolute atomic E-state index is 10.8. The highest BCUT2D eigenvalue weighted by Crippen LogP contribution is 2.40. The van der Waals surface area contributed by atoms with Crippen molar-refractivity contribution in [3.63, 3.8) is 0 Å². The normalized spacial score (nSPS) is 24.3. The van der Waals surface area contributed by atoms with Crippen molar-refractivity contribution in [3.05, 3.63) is 53.1 Å². The topological polar surface area (TPSA) is 54.0 Å². The first-order chi connectivity index (χ1) is 13.7. The van der Waals surface area contributed by atoms with Crippen molar-refractivity contribution in [1.82, 2.24) is 5.32 Å². The number of rotatable bonds is 3. The van der Waals surface area contributed by atoms with Crippen molar-refractivity contribution in [2.45, 2.75) is 44.4 Å². The van der Waals surface area contributed by atoms with Crippen LogP contribution in [0.25, 0.3) is 0 Å². The lowest BCUT2D eigenvalue weighted by atomic mass is 10.0. The third kappa shape index (κ3) is 3.23. The van der Waals surface area contributed by atoms with E-state index in [0.717, 1.165) is 55.1 Å². The van der Waals surface area contributed by atoms with E-state index in [9.17, 15) is 5.11 Å². The summed E-state index contributed by atoms with van der Waals surface area (Å²) in [7, 11) is 0. The standard InChI is InChI=1S/C23H28N2O3/c1-15-5-6-16-14-19(22(26)18(16)13-15)24-17-7-9-25(10-8-17)20-3-2-4-21-23(20)28-12-11-27-21/h2-6,13,17,19,22,24,26H,7-12,14H2,1H3/t19-,22+/m1/s1. The van der Waals surface area contributed by atoms with Gasteiger partial charge in [-0.2, -0.15) is 0 Å². The number of nitrogens with zero attached hydrogens (tertiary/aromatic N) is 1. The number of aliphatic hydroxyl groups excluding tert-OH is 1. The molecule has 3 aliphatic rings. The van der Waals surface area contributed by atoms with Gasteiger partial charge in [0, 0.05) is 25.2 Å². The average molecular weight is 380 g/mol. The van der Waals surface area contributed by atoms with Crippen LogP contribution in [0.2, 0.25) is 0 Å². The summed E-state index contributed by atoms with van der Waals surface area (Å²) in [5.74, 6) is 1.74. The maximum atomic E-state index is 10.8. The predicted molar refractivity (Wildman–Crippen MR) is 109 cm³/mol. The number of para-hydroxylation sites is 1.